The molecule has 0 bridgehead atoms. The van der Waals surface area contributed by atoms with Gasteiger partial charge in [-0.3, -0.25) is 4.79 Å². The van der Waals surface area contributed by atoms with Crippen LogP contribution < -0.4 is 0 Å². The van der Waals surface area contributed by atoms with Crippen LogP contribution in [0.2, 0.25) is 0 Å². The van der Waals surface area contributed by atoms with Crippen molar-refractivity contribution in [3.63, 3.8) is 0 Å². The molecule has 5 rings (SSSR count). The van der Waals surface area contributed by atoms with E-state index < -0.39 is 0 Å². The predicted molar refractivity (Wildman–Crippen MR) is 105 cm³/mol. The smallest absolute Gasteiger partial charge is 0.223 e. The number of amides is 1. The molecule has 0 unspecified atom stereocenters. The normalized spacial score (nSPS) is 20.1. The molecule has 1 fully saturated rings. The molecule has 2 heterocycles. The molecule has 1 aromatic heterocycles. The van der Waals surface area contributed by atoms with Crippen molar-refractivity contribution < 1.29 is 9.21 Å². The first-order valence-electron chi connectivity index (χ1n) is 9.99. The van der Waals surface area contributed by atoms with Crippen molar-refractivity contribution in [3.8, 4) is 0 Å². The molecular formula is C23H24N2O2. The molecule has 0 N–H and O–H groups in total. The molecule has 1 saturated heterocycles. The molecule has 2 aliphatic rings. The van der Waals surface area contributed by atoms with Crippen molar-refractivity contribution in [3.05, 3.63) is 65.5 Å². The van der Waals surface area contributed by atoms with Crippen LogP contribution in [0.25, 0.3) is 11.1 Å². The second-order valence-electron chi connectivity index (χ2n) is 7.81. The van der Waals surface area contributed by atoms with E-state index in [2.05, 4.69) is 29.2 Å². The number of likely N-dealkylation sites (tertiary alicyclic amines) is 1. The number of rotatable bonds is 3. The lowest BCUT2D eigenvalue weighted by atomic mass is 9.94. The molecule has 1 aliphatic carbocycles. The Labute approximate surface area is 159 Å². The average molecular weight is 360 g/mol. The Kier molecular flexibility index (Phi) is 4.19. The number of carbonyl (C=O) groups excluding carboxylic acids is 1. The summed E-state index contributed by atoms with van der Waals surface area (Å²) >= 11 is 0. The Bertz CT molecular complexity index is 936. The van der Waals surface area contributed by atoms with Crippen LogP contribution in [-0.2, 0) is 11.2 Å². The maximum Gasteiger partial charge on any atom is 0.223 e. The van der Waals surface area contributed by atoms with E-state index in [0.29, 0.717) is 24.2 Å². The molecule has 0 radical (unpaired) electrons. The van der Waals surface area contributed by atoms with Crippen LogP contribution in [0.3, 0.4) is 0 Å². The third-order valence-corrected chi connectivity index (χ3v) is 6.19. The molecule has 3 aromatic rings. The van der Waals surface area contributed by atoms with Gasteiger partial charge in [0.2, 0.25) is 5.91 Å². The molecule has 4 heteroatoms. The largest absolute Gasteiger partial charge is 0.440 e. The van der Waals surface area contributed by atoms with Gasteiger partial charge in [0.05, 0.1) is 0 Å². The highest BCUT2D eigenvalue weighted by molar-refractivity contribution is 5.77. The monoisotopic (exact) mass is 360 g/mol. The van der Waals surface area contributed by atoms with Crippen LogP contribution in [0.4, 0.5) is 0 Å². The summed E-state index contributed by atoms with van der Waals surface area (Å²) in [5.41, 5.74) is 4.58. The van der Waals surface area contributed by atoms with Crippen LogP contribution in [0, 0.1) is 0 Å². The number of hydrogen-bond acceptors (Lipinski definition) is 3. The van der Waals surface area contributed by atoms with Crippen molar-refractivity contribution in [1.82, 2.24) is 9.88 Å². The van der Waals surface area contributed by atoms with Gasteiger partial charge in [0, 0.05) is 25.4 Å². The Morgan fingerprint density at radius 1 is 1.04 bits per heavy atom. The minimum Gasteiger partial charge on any atom is -0.440 e. The van der Waals surface area contributed by atoms with Gasteiger partial charge in [-0.05, 0) is 54.9 Å². The minimum absolute atomic E-state index is 0.299. The van der Waals surface area contributed by atoms with E-state index in [0.717, 1.165) is 55.8 Å². The summed E-state index contributed by atoms with van der Waals surface area (Å²) in [6.45, 7) is 1.60. The Balaban J connectivity index is 1.21. The van der Waals surface area contributed by atoms with Gasteiger partial charge < -0.3 is 9.32 Å². The molecule has 138 valence electrons. The van der Waals surface area contributed by atoms with E-state index in [1.165, 1.54) is 11.1 Å². The zero-order valence-corrected chi connectivity index (χ0v) is 15.4. The standard InChI is InChI=1S/C23H24N2O2/c26-22(15-18-10-9-16-5-1-2-6-19(16)18)25-13-11-17(12-14-25)23-24-20-7-3-4-8-21(20)27-23/h1-8,17-18H,9-15H2/t18-/m1/s1. The first-order valence-corrected chi connectivity index (χ1v) is 9.99. The Morgan fingerprint density at radius 2 is 1.81 bits per heavy atom. The number of hydrogen-bond donors (Lipinski definition) is 0. The lowest BCUT2D eigenvalue weighted by Crippen LogP contribution is -2.38. The number of para-hydroxylation sites is 2. The zero-order chi connectivity index (χ0) is 18.2. The van der Waals surface area contributed by atoms with Gasteiger partial charge >= 0.3 is 0 Å². The van der Waals surface area contributed by atoms with E-state index in [-0.39, 0.29) is 0 Å². The number of nitrogens with zero attached hydrogens (tertiary/aromatic N) is 2. The molecule has 0 spiro atoms. The Hall–Kier alpha value is -2.62. The number of piperidine rings is 1. The van der Waals surface area contributed by atoms with Crippen LogP contribution in [-0.4, -0.2) is 28.9 Å². The summed E-state index contributed by atoms with van der Waals surface area (Å²) in [6, 6.07) is 16.5. The van der Waals surface area contributed by atoms with E-state index in [1.54, 1.807) is 0 Å². The topological polar surface area (TPSA) is 46.3 Å². The minimum atomic E-state index is 0.299. The van der Waals surface area contributed by atoms with Gasteiger partial charge in [0.1, 0.15) is 5.52 Å². The Morgan fingerprint density at radius 3 is 2.67 bits per heavy atom. The van der Waals surface area contributed by atoms with Gasteiger partial charge in [0.15, 0.2) is 11.5 Å². The van der Waals surface area contributed by atoms with Crippen LogP contribution in [0.5, 0.6) is 0 Å². The van der Waals surface area contributed by atoms with Crippen LogP contribution >= 0.6 is 0 Å². The van der Waals surface area contributed by atoms with Crippen molar-refractivity contribution in [2.75, 3.05) is 13.1 Å². The SMILES string of the molecule is O=C(C[C@H]1CCc2ccccc21)N1CCC(c2nc3ccccc3o2)CC1. The number of oxazole rings is 1. The fourth-order valence-corrected chi connectivity index (χ4v) is 4.64. The fraction of sp³-hybridized carbons (Fsp3) is 0.391. The summed E-state index contributed by atoms with van der Waals surface area (Å²) in [5.74, 6) is 1.83. The lowest BCUT2D eigenvalue weighted by molar-refractivity contribution is -0.132. The highest BCUT2D eigenvalue weighted by atomic mass is 16.3. The molecule has 2 aromatic carbocycles. The van der Waals surface area contributed by atoms with Crippen molar-refractivity contribution >= 4 is 17.0 Å². The number of benzene rings is 2. The fourth-order valence-electron chi connectivity index (χ4n) is 4.64. The summed E-state index contributed by atoms with van der Waals surface area (Å²) in [4.78, 5) is 19.5. The van der Waals surface area contributed by atoms with E-state index in [1.807, 2.05) is 29.2 Å². The van der Waals surface area contributed by atoms with Crippen LogP contribution in [0.1, 0.15) is 54.5 Å². The summed E-state index contributed by atoms with van der Waals surface area (Å²) in [7, 11) is 0. The number of aryl methyl sites for hydroxylation is 1. The quantitative estimate of drug-likeness (QED) is 0.683. The summed E-state index contributed by atoms with van der Waals surface area (Å²) in [5, 5.41) is 0. The highest BCUT2D eigenvalue weighted by Gasteiger charge is 2.30. The van der Waals surface area contributed by atoms with Crippen LogP contribution in [0.15, 0.2) is 52.9 Å². The predicted octanol–water partition coefficient (Wildman–Crippen LogP) is 4.65. The van der Waals surface area contributed by atoms with E-state index in [9.17, 15) is 4.79 Å². The van der Waals surface area contributed by atoms with Gasteiger partial charge in [-0.1, -0.05) is 36.4 Å². The first kappa shape index (κ1) is 16.5. The van der Waals surface area contributed by atoms with Crippen molar-refractivity contribution in [2.45, 2.75) is 43.9 Å². The molecule has 1 aliphatic heterocycles. The first-order chi connectivity index (χ1) is 13.3. The third-order valence-electron chi connectivity index (χ3n) is 6.19. The lowest BCUT2D eigenvalue weighted by Gasteiger charge is -2.31. The third kappa shape index (κ3) is 3.14. The van der Waals surface area contributed by atoms with Gasteiger partial charge in [-0.2, -0.15) is 0 Å². The van der Waals surface area contributed by atoms with Gasteiger partial charge in [-0.25, -0.2) is 4.98 Å². The van der Waals surface area contributed by atoms with Gasteiger partial charge in [0.25, 0.3) is 0 Å². The van der Waals surface area contributed by atoms with Gasteiger partial charge in [-0.15, -0.1) is 0 Å². The molecule has 1 atom stereocenters. The van der Waals surface area contributed by atoms with Crippen molar-refractivity contribution in [1.29, 1.82) is 0 Å². The number of aromatic nitrogens is 1. The number of fused-ring (bicyclic) bond motifs is 2. The molecule has 0 saturated carbocycles. The van der Waals surface area contributed by atoms with E-state index >= 15 is 0 Å². The molecule has 27 heavy (non-hydrogen) atoms. The maximum atomic E-state index is 12.8. The zero-order valence-electron chi connectivity index (χ0n) is 15.4. The average Bonchev–Trinajstić information content (AvgIpc) is 3.32. The van der Waals surface area contributed by atoms with Crippen molar-refractivity contribution in [2.24, 2.45) is 0 Å². The maximum absolute atomic E-state index is 12.8. The highest BCUT2D eigenvalue weighted by Crippen LogP contribution is 2.36. The number of carbonyl (C=O) groups is 1. The molecular weight excluding hydrogens is 336 g/mol. The molecule has 4 nitrogen and oxygen atoms in total. The van der Waals surface area contributed by atoms with E-state index in [4.69, 9.17) is 4.42 Å². The second kappa shape index (κ2) is 6.84. The summed E-state index contributed by atoms with van der Waals surface area (Å²) < 4.78 is 5.94. The summed E-state index contributed by atoms with van der Waals surface area (Å²) in [6.07, 6.45) is 4.71. The molecule has 1 amide bonds. The second-order valence-corrected chi connectivity index (χ2v) is 7.81.